The molecule has 1 aromatic heterocycles. The zero-order chi connectivity index (χ0) is 19.9. The summed E-state index contributed by atoms with van der Waals surface area (Å²) in [6.45, 7) is 2.62. The number of likely N-dealkylation sites (N-methyl/N-ethyl adjacent to an activating group) is 1. The van der Waals surface area contributed by atoms with Crippen LogP contribution in [0.4, 0.5) is 4.79 Å². The van der Waals surface area contributed by atoms with E-state index in [1.165, 1.54) is 0 Å². The lowest BCUT2D eigenvalue weighted by molar-refractivity contribution is -0.139. The molecule has 1 aliphatic heterocycles. The molecule has 1 atom stereocenters. The summed E-state index contributed by atoms with van der Waals surface area (Å²) in [5.74, 6) is -0.565. The first kappa shape index (κ1) is 19.1. The van der Waals surface area contributed by atoms with Crippen LogP contribution >= 0.6 is 27.3 Å². The van der Waals surface area contributed by atoms with Crippen LogP contribution in [0.5, 0.6) is 0 Å². The molecule has 1 spiro atoms. The number of halogens is 1. The number of thiophene rings is 1. The van der Waals surface area contributed by atoms with E-state index in [-0.39, 0.29) is 18.4 Å². The number of hydrogen-bond donors (Lipinski definition) is 1. The van der Waals surface area contributed by atoms with Gasteiger partial charge in [-0.05, 0) is 59.0 Å². The van der Waals surface area contributed by atoms with Crippen LogP contribution in [-0.2, 0) is 28.1 Å². The van der Waals surface area contributed by atoms with Crippen LogP contribution < -0.4 is 5.32 Å². The third-order valence-electron chi connectivity index (χ3n) is 5.43. The minimum atomic E-state index is -1.02. The van der Waals surface area contributed by atoms with E-state index in [9.17, 15) is 14.4 Å². The van der Waals surface area contributed by atoms with Crippen molar-refractivity contribution in [3.05, 3.63) is 56.2 Å². The molecule has 146 valence electrons. The van der Waals surface area contributed by atoms with Gasteiger partial charge in [0, 0.05) is 11.4 Å². The summed E-state index contributed by atoms with van der Waals surface area (Å²) in [6, 6.07) is 11.1. The minimum absolute atomic E-state index is 0.237. The van der Waals surface area contributed by atoms with E-state index in [1.54, 1.807) is 16.2 Å². The van der Waals surface area contributed by atoms with Crippen molar-refractivity contribution in [1.29, 1.82) is 0 Å². The molecule has 8 heteroatoms. The van der Waals surface area contributed by atoms with Gasteiger partial charge >= 0.3 is 6.03 Å². The molecule has 1 aliphatic carbocycles. The Kier molecular flexibility index (Phi) is 5.01. The number of nitrogens with one attached hydrogen (secondary N) is 1. The molecule has 2 heterocycles. The summed E-state index contributed by atoms with van der Waals surface area (Å²) in [6.07, 6.45) is 1.26. The van der Waals surface area contributed by atoms with Crippen molar-refractivity contribution in [2.75, 3.05) is 13.1 Å². The van der Waals surface area contributed by atoms with Crippen LogP contribution in [0.2, 0.25) is 0 Å². The van der Waals surface area contributed by atoms with Gasteiger partial charge in [0.1, 0.15) is 12.1 Å². The molecule has 1 N–H and O–H groups in total. The summed E-state index contributed by atoms with van der Waals surface area (Å²) in [4.78, 5) is 42.4. The quantitative estimate of drug-likeness (QED) is 0.694. The second-order valence-electron chi connectivity index (χ2n) is 7.00. The normalized spacial score (nSPS) is 20.6. The van der Waals surface area contributed by atoms with Crippen molar-refractivity contribution >= 4 is 45.1 Å². The van der Waals surface area contributed by atoms with Gasteiger partial charge in [0.25, 0.3) is 5.91 Å². The fourth-order valence-corrected chi connectivity index (χ4v) is 5.47. The number of benzene rings is 1. The van der Waals surface area contributed by atoms with E-state index in [1.807, 2.05) is 43.3 Å². The predicted octanol–water partition coefficient (Wildman–Crippen LogP) is 3.25. The third kappa shape index (κ3) is 3.14. The van der Waals surface area contributed by atoms with Gasteiger partial charge in [-0.15, -0.1) is 11.3 Å². The van der Waals surface area contributed by atoms with E-state index in [0.717, 1.165) is 31.1 Å². The zero-order valence-electron chi connectivity index (χ0n) is 15.4. The van der Waals surface area contributed by atoms with Crippen LogP contribution in [0, 0.1) is 0 Å². The first-order valence-corrected chi connectivity index (χ1v) is 10.8. The highest BCUT2D eigenvalue weighted by Gasteiger charge is 2.55. The van der Waals surface area contributed by atoms with Crippen LogP contribution in [0.25, 0.3) is 0 Å². The molecular formula is C20H20BrN3O3S. The second kappa shape index (κ2) is 7.33. The fraction of sp³-hybridized carbons (Fsp3) is 0.350. The van der Waals surface area contributed by atoms with E-state index in [4.69, 9.17) is 0 Å². The number of carbonyl (C=O) groups is 3. The van der Waals surface area contributed by atoms with Crippen molar-refractivity contribution in [3.8, 4) is 0 Å². The molecule has 4 amide bonds. The third-order valence-corrected chi connectivity index (χ3v) is 7.03. The summed E-state index contributed by atoms with van der Waals surface area (Å²) in [5.41, 5.74) is 0.894. The molecule has 2 aliphatic rings. The zero-order valence-corrected chi connectivity index (χ0v) is 17.8. The lowest BCUT2D eigenvalue weighted by atomic mass is 9.92. The maximum Gasteiger partial charge on any atom is 0.325 e. The van der Waals surface area contributed by atoms with Crippen molar-refractivity contribution in [2.24, 2.45) is 0 Å². The average molecular weight is 462 g/mol. The highest BCUT2D eigenvalue weighted by Crippen LogP contribution is 2.41. The van der Waals surface area contributed by atoms with Gasteiger partial charge < -0.3 is 10.2 Å². The Bertz CT molecular complexity index is 960. The summed E-state index contributed by atoms with van der Waals surface area (Å²) >= 11 is 4.99. The Hall–Kier alpha value is -2.19. The molecule has 28 heavy (non-hydrogen) atoms. The van der Waals surface area contributed by atoms with Crippen LogP contribution in [0.3, 0.4) is 0 Å². The van der Waals surface area contributed by atoms with Gasteiger partial charge in [-0.3, -0.25) is 14.5 Å². The van der Waals surface area contributed by atoms with Gasteiger partial charge in [0.2, 0.25) is 5.91 Å². The molecule has 4 rings (SSSR count). The molecule has 0 radical (unpaired) electrons. The Morgan fingerprint density at radius 2 is 2.07 bits per heavy atom. The van der Waals surface area contributed by atoms with Crippen LogP contribution in [0.15, 0.2) is 40.2 Å². The molecule has 6 nitrogen and oxygen atoms in total. The standard InChI is InChI=1S/C20H20BrN3O3S/c1-2-23(11-14-7-8-16(21)28-14)17(25)12-24-18(26)20(22-19(24)27)10-9-13-5-3-4-6-15(13)20/h3-8H,2,9-12H2,1H3,(H,22,27). The monoisotopic (exact) mass is 461 g/mol. The number of urea groups is 1. The van der Waals surface area contributed by atoms with Gasteiger partial charge in [0.05, 0.1) is 10.3 Å². The van der Waals surface area contributed by atoms with Gasteiger partial charge in [0.15, 0.2) is 0 Å². The number of aryl methyl sites for hydroxylation is 1. The second-order valence-corrected chi connectivity index (χ2v) is 9.55. The van der Waals surface area contributed by atoms with E-state index in [0.29, 0.717) is 19.5 Å². The molecule has 1 saturated heterocycles. The van der Waals surface area contributed by atoms with Crippen molar-refractivity contribution in [3.63, 3.8) is 0 Å². The largest absolute Gasteiger partial charge is 0.336 e. The van der Waals surface area contributed by atoms with Gasteiger partial charge in [-0.2, -0.15) is 0 Å². The lowest BCUT2D eigenvalue weighted by Gasteiger charge is -2.24. The highest BCUT2D eigenvalue weighted by atomic mass is 79.9. The Labute approximate surface area is 175 Å². The van der Waals surface area contributed by atoms with Crippen molar-refractivity contribution < 1.29 is 14.4 Å². The van der Waals surface area contributed by atoms with Crippen molar-refractivity contribution in [1.82, 2.24) is 15.1 Å². The Morgan fingerprint density at radius 3 is 2.79 bits per heavy atom. The van der Waals surface area contributed by atoms with E-state index < -0.39 is 11.6 Å². The first-order chi connectivity index (χ1) is 13.4. The molecule has 1 fully saturated rings. The summed E-state index contributed by atoms with van der Waals surface area (Å²) in [5, 5.41) is 2.86. The topological polar surface area (TPSA) is 69.7 Å². The lowest BCUT2D eigenvalue weighted by Crippen LogP contribution is -2.44. The van der Waals surface area contributed by atoms with E-state index in [2.05, 4.69) is 21.2 Å². The summed E-state index contributed by atoms with van der Waals surface area (Å²) < 4.78 is 1.00. The average Bonchev–Trinajstić information content (AvgIpc) is 3.33. The molecule has 0 bridgehead atoms. The number of hydrogen-bond acceptors (Lipinski definition) is 4. The maximum atomic E-state index is 13.2. The first-order valence-electron chi connectivity index (χ1n) is 9.19. The predicted molar refractivity (Wildman–Crippen MR) is 110 cm³/mol. The van der Waals surface area contributed by atoms with Crippen molar-refractivity contribution in [2.45, 2.75) is 31.8 Å². The van der Waals surface area contributed by atoms with Gasteiger partial charge in [-0.1, -0.05) is 24.3 Å². The molecular weight excluding hydrogens is 442 g/mol. The summed E-state index contributed by atoms with van der Waals surface area (Å²) in [7, 11) is 0. The van der Waals surface area contributed by atoms with Gasteiger partial charge in [-0.25, -0.2) is 4.79 Å². The van der Waals surface area contributed by atoms with E-state index >= 15 is 0 Å². The maximum absolute atomic E-state index is 13.2. The molecule has 1 unspecified atom stereocenters. The number of amides is 4. The fourth-order valence-electron chi connectivity index (χ4n) is 3.97. The SMILES string of the molecule is CCN(Cc1ccc(Br)s1)C(=O)CN1C(=O)NC2(CCc3ccccc32)C1=O. The highest BCUT2D eigenvalue weighted by molar-refractivity contribution is 9.11. The Balaban J connectivity index is 1.51. The smallest absolute Gasteiger partial charge is 0.325 e. The number of rotatable bonds is 5. The number of carbonyl (C=O) groups excluding carboxylic acids is 3. The molecule has 0 saturated carbocycles. The van der Waals surface area contributed by atoms with Crippen LogP contribution in [-0.4, -0.2) is 40.7 Å². The molecule has 1 aromatic carbocycles. The Morgan fingerprint density at radius 1 is 1.29 bits per heavy atom. The number of fused-ring (bicyclic) bond motifs is 2. The van der Waals surface area contributed by atoms with Crippen LogP contribution in [0.1, 0.15) is 29.3 Å². The minimum Gasteiger partial charge on any atom is -0.336 e. The number of nitrogens with zero attached hydrogens (tertiary/aromatic N) is 2. The number of imide groups is 1. The molecule has 2 aromatic rings.